The monoisotopic (exact) mass is 316 g/mol. The first-order chi connectivity index (χ1) is 9.14. The van der Waals surface area contributed by atoms with E-state index in [-0.39, 0.29) is 16.9 Å². The third-order valence-electron chi connectivity index (χ3n) is 4.82. The fourth-order valence-corrected chi connectivity index (χ4v) is 5.59. The molecule has 1 aliphatic rings. The van der Waals surface area contributed by atoms with Gasteiger partial charge in [0.1, 0.15) is 0 Å². The lowest BCUT2D eigenvalue weighted by molar-refractivity contribution is 0.457. The van der Waals surface area contributed by atoms with Gasteiger partial charge in [0, 0.05) is 17.5 Å². The summed E-state index contributed by atoms with van der Waals surface area (Å²) in [6.07, 6.45) is 0. The molecule has 0 bridgehead atoms. The van der Waals surface area contributed by atoms with Gasteiger partial charge in [-0.15, -0.1) is 11.3 Å². The Kier molecular flexibility index (Phi) is 4.06. The Labute approximate surface area is 126 Å². The molecule has 4 nitrogen and oxygen atoms in total. The van der Waals surface area contributed by atoms with Crippen LogP contribution in [-0.2, 0) is 16.6 Å². The molecule has 0 aliphatic heterocycles. The molecule has 1 saturated carbocycles. The van der Waals surface area contributed by atoms with Crippen molar-refractivity contribution < 1.29 is 8.42 Å². The molecule has 0 saturated heterocycles. The van der Waals surface area contributed by atoms with Crippen LogP contribution in [0.25, 0.3) is 0 Å². The van der Waals surface area contributed by atoms with E-state index < -0.39 is 10.0 Å². The molecule has 0 amide bonds. The van der Waals surface area contributed by atoms with E-state index in [1.807, 2.05) is 12.3 Å². The highest BCUT2D eigenvalue weighted by atomic mass is 32.2. The summed E-state index contributed by atoms with van der Waals surface area (Å²) >= 11 is 1.48. The molecule has 2 rings (SSSR count). The third kappa shape index (κ3) is 2.54. The molecule has 0 spiro atoms. The zero-order valence-electron chi connectivity index (χ0n) is 12.8. The second-order valence-corrected chi connectivity index (χ2v) is 9.17. The Balaban J connectivity index is 2.18. The Morgan fingerprint density at radius 1 is 1.25 bits per heavy atom. The maximum absolute atomic E-state index is 12.6. The first-order valence-corrected chi connectivity index (χ1v) is 9.30. The van der Waals surface area contributed by atoms with Crippen LogP contribution < -0.4 is 10.0 Å². The second-order valence-electron chi connectivity index (χ2n) is 6.49. The smallest absolute Gasteiger partial charge is 0.242 e. The molecule has 0 atom stereocenters. The molecule has 1 heterocycles. The van der Waals surface area contributed by atoms with Crippen molar-refractivity contribution >= 4 is 21.4 Å². The van der Waals surface area contributed by atoms with E-state index in [0.717, 1.165) is 11.4 Å². The number of hydrogen-bond donors (Lipinski definition) is 2. The molecule has 1 fully saturated rings. The minimum absolute atomic E-state index is 0.00206. The van der Waals surface area contributed by atoms with E-state index in [1.165, 1.54) is 11.3 Å². The van der Waals surface area contributed by atoms with Gasteiger partial charge in [-0.05, 0) is 28.8 Å². The summed E-state index contributed by atoms with van der Waals surface area (Å²) in [6.45, 7) is 11.9. The first kappa shape index (κ1) is 15.9. The second kappa shape index (κ2) is 5.09. The molecule has 6 heteroatoms. The Morgan fingerprint density at radius 3 is 2.35 bits per heavy atom. The molecule has 1 aromatic heterocycles. The van der Waals surface area contributed by atoms with Crippen molar-refractivity contribution in [1.29, 1.82) is 0 Å². The maximum atomic E-state index is 12.6. The highest BCUT2D eigenvalue weighted by molar-refractivity contribution is 7.89. The zero-order chi connectivity index (χ0) is 15.2. The number of thiophene rings is 1. The van der Waals surface area contributed by atoms with E-state index in [2.05, 4.69) is 37.7 Å². The van der Waals surface area contributed by atoms with E-state index in [1.54, 1.807) is 6.07 Å². The molecule has 2 N–H and O–H groups in total. The Morgan fingerprint density at radius 2 is 1.85 bits per heavy atom. The van der Waals surface area contributed by atoms with Crippen molar-refractivity contribution in [1.82, 2.24) is 10.0 Å². The average molecular weight is 316 g/mol. The van der Waals surface area contributed by atoms with E-state index in [4.69, 9.17) is 0 Å². The summed E-state index contributed by atoms with van der Waals surface area (Å²) in [7, 11) is -3.44. The summed E-state index contributed by atoms with van der Waals surface area (Å²) in [5.41, 5.74) is -0.00412. The number of sulfonamides is 1. The van der Waals surface area contributed by atoms with Crippen LogP contribution in [0.3, 0.4) is 0 Å². The predicted octanol–water partition coefficient (Wildman–Crippen LogP) is 2.57. The lowest BCUT2D eigenvalue weighted by Crippen LogP contribution is -2.30. The fourth-order valence-electron chi connectivity index (χ4n) is 2.65. The summed E-state index contributed by atoms with van der Waals surface area (Å²) in [4.78, 5) is 1.29. The van der Waals surface area contributed by atoms with Gasteiger partial charge in [0.25, 0.3) is 0 Å². The highest BCUT2D eigenvalue weighted by Crippen LogP contribution is 2.63. The minimum atomic E-state index is -3.44. The quantitative estimate of drug-likeness (QED) is 0.848. The largest absolute Gasteiger partial charge is 0.312 e. The summed E-state index contributed by atoms with van der Waals surface area (Å²) in [5.74, 6) is 0. The third-order valence-corrected chi connectivity index (χ3v) is 7.38. The molecule has 1 aromatic rings. The summed E-state index contributed by atoms with van der Waals surface area (Å²) in [5, 5.41) is 5.02. The number of rotatable bonds is 6. The van der Waals surface area contributed by atoms with Gasteiger partial charge in [0.05, 0.1) is 4.90 Å². The molecule has 20 heavy (non-hydrogen) atoms. The van der Waals surface area contributed by atoms with Crippen molar-refractivity contribution in [3.63, 3.8) is 0 Å². The highest BCUT2D eigenvalue weighted by Gasteiger charge is 2.66. The molecule has 0 radical (unpaired) electrons. The minimum Gasteiger partial charge on any atom is -0.312 e. The van der Waals surface area contributed by atoms with Crippen molar-refractivity contribution in [2.45, 2.75) is 52.1 Å². The van der Waals surface area contributed by atoms with Gasteiger partial charge in [0.15, 0.2) is 0 Å². The topological polar surface area (TPSA) is 58.2 Å². The zero-order valence-corrected chi connectivity index (χ0v) is 14.4. The van der Waals surface area contributed by atoms with Gasteiger partial charge in [-0.1, -0.05) is 34.6 Å². The van der Waals surface area contributed by atoms with Crippen LogP contribution in [0.15, 0.2) is 16.3 Å². The number of nitrogens with one attached hydrogen (secondary N) is 2. The van der Waals surface area contributed by atoms with Gasteiger partial charge < -0.3 is 5.32 Å². The van der Waals surface area contributed by atoms with E-state index in [9.17, 15) is 8.42 Å². The average Bonchev–Trinajstić information content (AvgIpc) is 2.77. The van der Waals surface area contributed by atoms with Crippen LogP contribution >= 0.6 is 11.3 Å². The van der Waals surface area contributed by atoms with Gasteiger partial charge >= 0.3 is 0 Å². The molecule has 114 valence electrons. The van der Waals surface area contributed by atoms with Crippen LogP contribution in [0.2, 0.25) is 0 Å². The van der Waals surface area contributed by atoms with E-state index >= 15 is 0 Å². The van der Waals surface area contributed by atoms with Crippen LogP contribution in [0, 0.1) is 10.8 Å². The van der Waals surface area contributed by atoms with Crippen LogP contribution in [0.5, 0.6) is 0 Å². The Hall–Kier alpha value is -0.430. The van der Waals surface area contributed by atoms with Gasteiger partial charge in [-0.2, -0.15) is 0 Å². The van der Waals surface area contributed by atoms with Gasteiger partial charge in [0.2, 0.25) is 10.0 Å². The molecular formula is C14H24N2O2S2. The SMILES string of the molecule is CCNCc1sccc1S(=O)(=O)NC1C(C)(C)C1(C)C. The molecule has 0 unspecified atom stereocenters. The number of hydrogen-bond acceptors (Lipinski definition) is 4. The fraction of sp³-hybridized carbons (Fsp3) is 0.714. The lowest BCUT2D eigenvalue weighted by atomic mass is 10.0. The van der Waals surface area contributed by atoms with Gasteiger partial charge in [-0.3, -0.25) is 0 Å². The standard InChI is InChI=1S/C14H24N2O2S2/c1-6-15-9-10-11(7-8-19-10)20(17,18)16-12-13(2,3)14(12,4)5/h7-8,12,15-16H,6,9H2,1-5H3. The normalized spacial score (nSPS) is 21.1. The summed E-state index contributed by atoms with van der Waals surface area (Å²) < 4.78 is 28.0. The molecule has 0 aromatic carbocycles. The van der Waals surface area contributed by atoms with Crippen LogP contribution in [0.1, 0.15) is 39.5 Å². The van der Waals surface area contributed by atoms with Crippen LogP contribution in [-0.4, -0.2) is 21.0 Å². The van der Waals surface area contributed by atoms with Crippen molar-refractivity contribution in [3.8, 4) is 0 Å². The van der Waals surface area contributed by atoms with Crippen molar-refractivity contribution in [2.75, 3.05) is 6.54 Å². The Bertz CT molecular complexity index is 574. The van der Waals surface area contributed by atoms with Gasteiger partial charge in [-0.25, -0.2) is 13.1 Å². The molecule has 1 aliphatic carbocycles. The lowest BCUT2D eigenvalue weighted by Gasteiger charge is -2.09. The van der Waals surface area contributed by atoms with E-state index in [0.29, 0.717) is 11.4 Å². The van der Waals surface area contributed by atoms with Crippen molar-refractivity contribution in [3.05, 3.63) is 16.3 Å². The molecular weight excluding hydrogens is 292 g/mol. The van der Waals surface area contributed by atoms with Crippen molar-refractivity contribution in [2.24, 2.45) is 10.8 Å². The summed E-state index contributed by atoms with van der Waals surface area (Å²) in [6, 6.07) is 1.69. The maximum Gasteiger partial charge on any atom is 0.242 e. The van der Waals surface area contributed by atoms with Crippen LogP contribution in [0.4, 0.5) is 0 Å². The predicted molar refractivity (Wildman–Crippen MR) is 83.4 cm³/mol. The first-order valence-electron chi connectivity index (χ1n) is 6.94.